The van der Waals surface area contributed by atoms with Gasteiger partial charge in [0.15, 0.2) is 0 Å². The van der Waals surface area contributed by atoms with Crippen molar-refractivity contribution in [1.29, 1.82) is 0 Å². The zero-order valence-corrected chi connectivity index (χ0v) is 13.8. The largest absolute Gasteiger partial charge is 0.371 e. The molecule has 0 radical (unpaired) electrons. The molecule has 1 aromatic rings. The minimum atomic E-state index is 0.786. The maximum absolute atomic E-state index is 3.61. The Labute approximate surface area is 125 Å². The predicted molar refractivity (Wildman–Crippen MR) is 86.7 cm³/mol. The van der Waals surface area contributed by atoms with Crippen LogP contribution in [0.25, 0.3) is 0 Å². The van der Waals surface area contributed by atoms with E-state index in [1.54, 1.807) is 0 Å². The number of nitrogens with zero attached hydrogens (tertiary/aromatic N) is 1. The Morgan fingerprint density at radius 2 is 2.21 bits per heavy atom. The van der Waals surface area contributed by atoms with Crippen LogP contribution >= 0.6 is 15.9 Å². The number of hydrogen-bond donors (Lipinski definition) is 1. The second kappa shape index (κ2) is 6.76. The lowest BCUT2D eigenvalue weighted by Gasteiger charge is -2.23. The molecule has 0 aliphatic carbocycles. The number of nitrogens with one attached hydrogen (secondary N) is 1. The molecule has 1 heterocycles. The molecule has 1 N–H and O–H groups in total. The lowest BCUT2D eigenvalue weighted by atomic mass is 9.95. The molecule has 2 rings (SSSR count). The van der Waals surface area contributed by atoms with E-state index >= 15 is 0 Å². The van der Waals surface area contributed by atoms with Crippen molar-refractivity contribution in [3.05, 3.63) is 28.2 Å². The van der Waals surface area contributed by atoms with E-state index < -0.39 is 0 Å². The first-order valence-electron chi connectivity index (χ1n) is 7.36. The van der Waals surface area contributed by atoms with Crippen molar-refractivity contribution < 1.29 is 0 Å². The van der Waals surface area contributed by atoms with Crippen LogP contribution in [-0.4, -0.2) is 19.6 Å². The molecule has 0 saturated carbocycles. The van der Waals surface area contributed by atoms with Gasteiger partial charge in [-0.1, -0.05) is 42.8 Å². The first-order valence-corrected chi connectivity index (χ1v) is 8.15. The van der Waals surface area contributed by atoms with Crippen molar-refractivity contribution in [3.63, 3.8) is 0 Å². The van der Waals surface area contributed by atoms with E-state index in [9.17, 15) is 0 Å². The Hall–Kier alpha value is -0.540. The Morgan fingerprint density at radius 3 is 2.84 bits per heavy atom. The van der Waals surface area contributed by atoms with Gasteiger partial charge in [-0.3, -0.25) is 0 Å². The van der Waals surface area contributed by atoms with Crippen LogP contribution in [0.15, 0.2) is 22.7 Å². The topological polar surface area (TPSA) is 15.3 Å². The monoisotopic (exact) mass is 324 g/mol. The summed E-state index contributed by atoms with van der Waals surface area (Å²) in [5.74, 6) is 1.63. The first-order chi connectivity index (χ1) is 9.11. The van der Waals surface area contributed by atoms with Gasteiger partial charge in [-0.25, -0.2) is 0 Å². The average molecular weight is 325 g/mol. The summed E-state index contributed by atoms with van der Waals surface area (Å²) in [6, 6.07) is 6.66. The van der Waals surface area contributed by atoms with Gasteiger partial charge in [-0.2, -0.15) is 0 Å². The summed E-state index contributed by atoms with van der Waals surface area (Å²) in [5.41, 5.74) is 2.81. The van der Waals surface area contributed by atoms with Crippen LogP contribution in [0.2, 0.25) is 0 Å². The molecule has 2 nitrogen and oxygen atoms in total. The number of halogens is 1. The third kappa shape index (κ3) is 3.73. The van der Waals surface area contributed by atoms with E-state index in [4.69, 9.17) is 0 Å². The molecule has 3 heteroatoms. The highest BCUT2D eigenvalue weighted by Crippen LogP contribution is 2.32. The van der Waals surface area contributed by atoms with Gasteiger partial charge < -0.3 is 10.2 Å². The summed E-state index contributed by atoms with van der Waals surface area (Å²) in [5, 5.41) is 3.44. The fourth-order valence-electron chi connectivity index (χ4n) is 2.79. The Bertz CT molecular complexity index is 417. The molecule has 1 unspecified atom stereocenters. The van der Waals surface area contributed by atoms with Crippen molar-refractivity contribution >= 4 is 21.6 Å². The number of benzene rings is 1. The SMILES string of the molecule is CCNCc1ccc(Br)cc1N1CCC(C(C)C)C1. The molecule has 1 atom stereocenters. The van der Waals surface area contributed by atoms with E-state index in [0.29, 0.717) is 0 Å². The van der Waals surface area contributed by atoms with Crippen molar-refractivity contribution in [1.82, 2.24) is 5.32 Å². The third-order valence-corrected chi connectivity index (χ3v) is 4.61. The van der Waals surface area contributed by atoms with Crippen molar-refractivity contribution in [2.75, 3.05) is 24.5 Å². The summed E-state index contributed by atoms with van der Waals surface area (Å²) in [6.45, 7) is 11.2. The molecule has 106 valence electrons. The van der Waals surface area contributed by atoms with Crippen molar-refractivity contribution in [2.24, 2.45) is 11.8 Å². The van der Waals surface area contributed by atoms with Gasteiger partial charge >= 0.3 is 0 Å². The standard InChI is InChI=1S/C16H25BrN2/c1-4-18-10-13-5-6-15(17)9-16(13)19-8-7-14(11-19)12(2)3/h5-6,9,12,14,18H,4,7-8,10-11H2,1-3H3. The van der Waals surface area contributed by atoms with Crippen LogP contribution < -0.4 is 10.2 Å². The lowest BCUT2D eigenvalue weighted by Crippen LogP contribution is -2.24. The first kappa shape index (κ1) is 14.9. The highest BCUT2D eigenvalue weighted by Gasteiger charge is 2.26. The van der Waals surface area contributed by atoms with E-state index in [0.717, 1.165) is 24.9 Å². The van der Waals surface area contributed by atoms with Crippen LogP contribution in [0.4, 0.5) is 5.69 Å². The van der Waals surface area contributed by atoms with E-state index in [-0.39, 0.29) is 0 Å². The smallest absolute Gasteiger partial charge is 0.0423 e. The molecule has 1 saturated heterocycles. The van der Waals surface area contributed by atoms with Crippen LogP contribution in [0.3, 0.4) is 0 Å². The minimum absolute atomic E-state index is 0.786. The molecule has 1 aliphatic heterocycles. The summed E-state index contributed by atoms with van der Waals surface area (Å²) in [6.07, 6.45) is 1.32. The average Bonchev–Trinajstić information content (AvgIpc) is 2.87. The van der Waals surface area contributed by atoms with Gasteiger partial charge in [0.05, 0.1) is 0 Å². The van der Waals surface area contributed by atoms with Crippen LogP contribution in [0, 0.1) is 11.8 Å². The van der Waals surface area contributed by atoms with E-state index in [1.807, 2.05) is 0 Å². The molecule has 1 aromatic carbocycles. The molecular weight excluding hydrogens is 300 g/mol. The van der Waals surface area contributed by atoms with Gasteiger partial charge in [0.25, 0.3) is 0 Å². The van der Waals surface area contributed by atoms with Gasteiger partial charge in [0, 0.05) is 29.8 Å². The fourth-order valence-corrected chi connectivity index (χ4v) is 3.14. The zero-order chi connectivity index (χ0) is 13.8. The van der Waals surface area contributed by atoms with Gasteiger partial charge in [0.2, 0.25) is 0 Å². The van der Waals surface area contributed by atoms with Gasteiger partial charge in [0.1, 0.15) is 0 Å². The Morgan fingerprint density at radius 1 is 1.42 bits per heavy atom. The van der Waals surface area contributed by atoms with Crippen molar-refractivity contribution in [3.8, 4) is 0 Å². The molecule has 0 bridgehead atoms. The van der Waals surface area contributed by atoms with Crippen LogP contribution in [-0.2, 0) is 6.54 Å². The molecule has 1 aliphatic rings. The normalized spacial score (nSPS) is 19.4. The Balaban J connectivity index is 2.16. The number of anilines is 1. The zero-order valence-electron chi connectivity index (χ0n) is 12.2. The lowest BCUT2D eigenvalue weighted by molar-refractivity contribution is 0.422. The molecular formula is C16H25BrN2. The molecule has 1 fully saturated rings. The third-order valence-electron chi connectivity index (χ3n) is 4.12. The van der Waals surface area contributed by atoms with E-state index in [1.165, 1.54) is 35.2 Å². The number of hydrogen-bond acceptors (Lipinski definition) is 2. The molecule has 0 spiro atoms. The second-order valence-electron chi connectivity index (χ2n) is 5.79. The molecule has 0 amide bonds. The summed E-state index contributed by atoms with van der Waals surface area (Å²) < 4.78 is 1.18. The molecule has 19 heavy (non-hydrogen) atoms. The maximum atomic E-state index is 3.61. The van der Waals surface area contributed by atoms with Crippen LogP contribution in [0.1, 0.15) is 32.8 Å². The van der Waals surface area contributed by atoms with Crippen LogP contribution in [0.5, 0.6) is 0 Å². The Kier molecular flexibility index (Phi) is 5.28. The maximum Gasteiger partial charge on any atom is 0.0423 e. The molecule has 0 aromatic heterocycles. The second-order valence-corrected chi connectivity index (χ2v) is 6.71. The summed E-state index contributed by atoms with van der Waals surface area (Å²) in [4.78, 5) is 2.56. The fraction of sp³-hybridized carbons (Fsp3) is 0.625. The highest BCUT2D eigenvalue weighted by molar-refractivity contribution is 9.10. The minimum Gasteiger partial charge on any atom is -0.371 e. The highest BCUT2D eigenvalue weighted by atomic mass is 79.9. The van der Waals surface area contributed by atoms with E-state index in [2.05, 4.69) is 65.1 Å². The summed E-state index contributed by atoms with van der Waals surface area (Å²) >= 11 is 3.61. The summed E-state index contributed by atoms with van der Waals surface area (Å²) in [7, 11) is 0. The van der Waals surface area contributed by atoms with Gasteiger partial charge in [-0.15, -0.1) is 0 Å². The predicted octanol–water partition coefficient (Wildman–Crippen LogP) is 4.04. The number of rotatable bonds is 5. The quantitative estimate of drug-likeness (QED) is 0.879. The van der Waals surface area contributed by atoms with Crippen molar-refractivity contribution in [2.45, 2.75) is 33.7 Å². The van der Waals surface area contributed by atoms with Gasteiger partial charge in [-0.05, 0) is 42.5 Å².